The molecule has 0 spiro atoms. The number of β-lactam (4-membered cyclic amide) rings is 1. The molecule has 0 aromatic rings. The number of hydrogen-bond donors (Lipinski definition) is 1. The standard InChI is InChI=1S/C26H40N4O9S2/c1-14-20-19(15(2)31)23(32)30(20)21(24(33)37-16(3)38-26(34)39-17-10-8-7-9-11-17)22(14)40-18-12-28(4)25(29(5)13-18)27-41(6,35)36/h14-20,31H,7-13H2,1-6H3/t14-,15-,16?,18?,19-,20-/m1/s1. The lowest BCUT2D eigenvalue weighted by Gasteiger charge is -2.46. The summed E-state index contributed by atoms with van der Waals surface area (Å²) in [7, 11) is -0.126. The van der Waals surface area contributed by atoms with Crippen molar-refractivity contribution in [2.75, 3.05) is 33.4 Å². The third kappa shape index (κ3) is 6.94. The highest BCUT2D eigenvalue weighted by Crippen LogP contribution is 2.51. The van der Waals surface area contributed by atoms with Crippen LogP contribution in [0.4, 0.5) is 4.79 Å². The number of amides is 1. The van der Waals surface area contributed by atoms with E-state index in [4.69, 9.17) is 14.2 Å². The first-order valence-electron chi connectivity index (χ1n) is 13.9. The summed E-state index contributed by atoms with van der Waals surface area (Å²) >= 11 is 1.41. The van der Waals surface area contributed by atoms with Gasteiger partial charge in [0.05, 0.1) is 24.3 Å². The maximum absolute atomic E-state index is 13.5. The van der Waals surface area contributed by atoms with E-state index >= 15 is 0 Å². The predicted molar refractivity (Wildman–Crippen MR) is 151 cm³/mol. The first-order valence-corrected chi connectivity index (χ1v) is 16.6. The number of hydrogen-bond acceptors (Lipinski definition) is 10. The summed E-state index contributed by atoms with van der Waals surface area (Å²) in [4.78, 5) is 44.3. The van der Waals surface area contributed by atoms with Gasteiger partial charge in [0.15, 0.2) is 0 Å². The van der Waals surface area contributed by atoms with Gasteiger partial charge in [0, 0.05) is 50.2 Å². The minimum Gasteiger partial charge on any atom is -0.431 e. The quantitative estimate of drug-likeness (QED) is 0.240. The SMILES string of the molecule is CC(OC(=O)OC1CCCCC1)OC(=O)C1=C(SC2CN(C)C(=NS(C)(=O)=O)N(C)C2)[C@H](C)[C@@H]2[C@@H]([C@@H](C)O)C(=O)N12. The van der Waals surface area contributed by atoms with Gasteiger partial charge in [-0.1, -0.05) is 13.3 Å². The third-order valence-corrected chi connectivity index (χ3v) is 9.78. The lowest BCUT2D eigenvalue weighted by molar-refractivity contribution is -0.174. The van der Waals surface area contributed by atoms with Crippen LogP contribution >= 0.6 is 11.8 Å². The molecule has 0 aromatic heterocycles. The molecule has 0 aromatic carbocycles. The normalized spacial score (nSPS) is 28.6. The number of thioether (sulfide) groups is 1. The number of guanidine groups is 1. The Morgan fingerprint density at radius 3 is 2.24 bits per heavy atom. The summed E-state index contributed by atoms with van der Waals surface area (Å²) in [6, 6.07) is -0.415. The second-order valence-corrected chi connectivity index (χ2v) is 14.3. The van der Waals surface area contributed by atoms with E-state index in [0.29, 0.717) is 24.0 Å². The molecule has 1 saturated carbocycles. The molecule has 5 atom stereocenters. The number of nitrogens with zero attached hydrogens (tertiary/aromatic N) is 4. The summed E-state index contributed by atoms with van der Waals surface area (Å²) < 4.78 is 43.4. The zero-order chi connectivity index (χ0) is 30.2. The van der Waals surface area contributed by atoms with E-state index in [2.05, 4.69) is 4.40 Å². The molecule has 230 valence electrons. The summed E-state index contributed by atoms with van der Waals surface area (Å²) in [6.45, 7) is 5.74. The molecule has 0 bridgehead atoms. The highest BCUT2D eigenvalue weighted by molar-refractivity contribution is 8.03. The number of carbonyl (C=O) groups is 3. The van der Waals surface area contributed by atoms with Crippen LogP contribution in [-0.4, -0.2) is 115 Å². The molecule has 3 heterocycles. The largest absolute Gasteiger partial charge is 0.511 e. The molecule has 1 aliphatic carbocycles. The Hall–Kier alpha value is -2.52. The number of rotatable bonds is 8. The van der Waals surface area contributed by atoms with Crippen molar-refractivity contribution in [1.82, 2.24) is 14.7 Å². The molecular weight excluding hydrogens is 576 g/mol. The first-order chi connectivity index (χ1) is 19.2. The fourth-order valence-electron chi connectivity index (χ4n) is 6.05. The molecule has 0 radical (unpaired) electrons. The predicted octanol–water partition coefficient (Wildman–Crippen LogP) is 1.73. The highest BCUT2D eigenvalue weighted by atomic mass is 32.2. The van der Waals surface area contributed by atoms with Crippen molar-refractivity contribution in [3.05, 3.63) is 10.6 Å². The van der Waals surface area contributed by atoms with Crippen molar-refractivity contribution >= 4 is 45.8 Å². The molecular formula is C26H40N4O9S2. The molecule has 15 heteroatoms. The van der Waals surface area contributed by atoms with Crippen LogP contribution in [0.1, 0.15) is 52.9 Å². The monoisotopic (exact) mass is 616 g/mol. The van der Waals surface area contributed by atoms with Crippen molar-refractivity contribution in [3.8, 4) is 0 Å². The second kappa shape index (κ2) is 12.4. The average molecular weight is 617 g/mol. The van der Waals surface area contributed by atoms with Gasteiger partial charge in [0.25, 0.3) is 10.0 Å². The Labute approximate surface area is 245 Å². The van der Waals surface area contributed by atoms with E-state index < -0.39 is 46.5 Å². The van der Waals surface area contributed by atoms with Gasteiger partial charge < -0.3 is 34.0 Å². The summed E-state index contributed by atoms with van der Waals surface area (Å²) in [5, 5.41) is 10.2. The van der Waals surface area contributed by atoms with Crippen molar-refractivity contribution in [2.24, 2.45) is 16.2 Å². The van der Waals surface area contributed by atoms with E-state index in [1.807, 2.05) is 6.92 Å². The highest BCUT2D eigenvalue weighted by Gasteiger charge is 2.60. The maximum Gasteiger partial charge on any atom is 0.511 e. The van der Waals surface area contributed by atoms with E-state index in [1.54, 1.807) is 30.8 Å². The zero-order valence-corrected chi connectivity index (χ0v) is 25.9. The molecule has 1 N–H and O–H groups in total. The number of ether oxygens (including phenoxy) is 3. The van der Waals surface area contributed by atoms with Crippen molar-refractivity contribution < 1.29 is 42.1 Å². The number of fused-ring (bicyclic) bond motifs is 1. The Balaban J connectivity index is 1.50. The molecule has 3 fully saturated rings. The van der Waals surface area contributed by atoms with Crippen molar-refractivity contribution in [2.45, 2.75) is 82.7 Å². The number of sulfonamides is 1. The lowest BCUT2D eigenvalue weighted by atomic mass is 9.79. The van der Waals surface area contributed by atoms with Crippen molar-refractivity contribution in [3.63, 3.8) is 0 Å². The second-order valence-electron chi connectivity index (χ2n) is 11.3. The van der Waals surface area contributed by atoms with Crippen LogP contribution in [0.3, 0.4) is 0 Å². The van der Waals surface area contributed by atoms with Gasteiger partial charge in [0.2, 0.25) is 18.2 Å². The third-order valence-electron chi connectivity index (χ3n) is 7.83. The fourth-order valence-corrected chi connectivity index (χ4v) is 8.23. The van der Waals surface area contributed by atoms with Crippen LogP contribution in [0.2, 0.25) is 0 Å². The number of esters is 1. The Kier molecular flexibility index (Phi) is 9.48. The van der Waals surface area contributed by atoms with Gasteiger partial charge in [-0.2, -0.15) is 0 Å². The summed E-state index contributed by atoms with van der Waals surface area (Å²) in [5.74, 6) is -1.79. The van der Waals surface area contributed by atoms with E-state index in [1.165, 1.54) is 23.6 Å². The van der Waals surface area contributed by atoms with E-state index in [-0.39, 0.29) is 28.9 Å². The molecule has 4 aliphatic rings. The van der Waals surface area contributed by atoms with Gasteiger partial charge in [-0.25, -0.2) is 18.0 Å². The molecule has 3 aliphatic heterocycles. The van der Waals surface area contributed by atoms with Gasteiger partial charge in [0.1, 0.15) is 11.8 Å². The molecule has 1 amide bonds. The number of aliphatic hydroxyl groups excluding tert-OH is 1. The molecule has 1 unspecified atom stereocenters. The number of carbonyl (C=O) groups excluding carboxylic acids is 3. The van der Waals surface area contributed by atoms with Crippen LogP contribution in [0.5, 0.6) is 0 Å². The van der Waals surface area contributed by atoms with Crippen LogP contribution in [0.15, 0.2) is 15.0 Å². The van der Waals surface area contributed by atoms with Gasteiger partial charge in [-0.05, 0) is 32.6 Å². The Morgan fingerprint density at radius 2 is 1.68 bits per heavy atom. The maximum atomic E-state index is 13.5. The van der Waals surface area contributed by atoms with Gasteiger partial charge in [-0.15, -0.1) is 16.2 Å². The average Bonchev–Trinajstić information content (AvgIpc) is 3.09. The summed E-state index contributed by atoms with van der Waals surface area (Å²) in [5.41, 5.74) is 0.0754. The lowest BCUT2D eigenvalue weighted by Crippen LogP contribution is -2.63. The molecule has 4 rings (SSSR count). The smallest absolute Gasteiger partial charge is 0.431 e. The number of aliphatic hydroxyl groups is 1. The van der Waals surface area contributed by atoms with Crippen LogP contribution in [0.25, 0.3) is 0 Å². The van der Waals surface area contributed by atoms with Crippen LogP contribution < -0.4 is 0 Å². The molecule has 2 saturated heterocycles. The topological polar surface area (TPSA) is 155 Å². The van der Waals surface area contributed by atoms with Gasteiger partial charge >= 0.3 is 12.1 Å². The molecule has 13 nitrogen and oxygen atoms in total. The van der Waals surface area contributed by atoms with Crippen LogP contribution in [0, 0.1) is 11.8 Å². The summed E-state index contributed by atoms with van der Waals surface area (Å²) in [6.07, 6.45) is 2.36. The van der Waals surface area contributed by atoms with E-state index in [0.717, 1.165) is 38.4 Å². The molecule has 41 heavy (non-hydrogen) atoms. The minimum absolute atomic E-state index is 0.0754. The Bertz CT molecular complexity index is 1200. The zero-order valence-electron chi connectivity index (χ0n) is 24.3. The van der Waals surface area contributed by atoms with Gasteiger partial charge in [-0.3, -0.25) is 4.79 Å². The minimum atomic E-state index is -3.60. The first kappa shape index (κ1) is 31.4. The fraction of sp³-hybridized carbons (Fsp3) is 0.769. The Morgan fingerprint density at radius 1 is 1.07 bits per heavy atom. The van der Waals surface area contributed by atoms with Crippen LogP contribution in [-0.2, 0) is 33.8 Å². The van der Waals surface area contributed by atoms with Crippen molar-refractivity contribution in [1.29, 1.82) is 0 Å². The van der Waals surface area contributed by atoms with E-state index in [9.17, 15) is 27.9 Å².